The number of likely N-dealkylation sites (tertiary alicyclic amines) is 1. The third-order valence-corrected chi connectivity index (χ3v) is 3.97. The van der Waals surface area contributed by atoms with Crippen LogP contribution >= 0.6 is 0 Å². The lowest BCUT2D eigenvalue weighted by atomic mass is 9.78. The normalized spacial score (nSPS) is 40.7. The van der Waals surface area contributed by atoms with Crippen molar-refractivity contribution in [1.82, 2.24) is 4.90 Å². The maximum atomic E-state index is 12.2. The van der Waals surface area contributed by atoms with E-state index in [9.17, 15) is 14.4 Å². The monoisotopic (exact) mass is 251 g/mol. The first-order valence-corrected chi connectivity index (χ1v) is 5.88. The largest absolute Gasteiger partial charge is 0.481 e. The number of carboxylic acids is 1. The number of amides is 2. The molecule has 96 valence electrons. The molecule has 6 heteroatoms. The molecule has 18 heavy (non-hydrogen) atoms. The van der Waals surface area contributed by atoms with Crippen molar-refractivity contribution in [2.45, 2.75) is 25.0 Å². The number of carbonyl (C=O) groups excluding carboxylic acids is 2. The van der Waals surface area contributed by atoms with Crippen molar-refractivity contribution in [2.75, 3.05) is 6.54 Å². The summed E-state index contributed by atoms with van der Waals surface area (Å²) in [5, 5.41) is 8.63. The molecule has 0 saturated carbocycles. The highest BCUT2D eigenvalue weighted by molar-refractivity contribution is 6.07. The second kappa shape index (κ2) is 3.41. The molecule has 0 aromatic heterocycles. The van der Waals surface area contributed by atoms with Crippen molar-refractivity contribution >= 4 is 17.8 Å². The zero-order valence-electron chi connectivity index (χ0n) is 9.83. The molecule has 3 heterocycles. The number of carbonyl (C=O) groups is 3. The Morgan fingerprint density at radius 3 is 2.83 bits per heavy atom. The zero-order valence-corrected chi connectivity index (χ0v) is 9.83. The number of hydrogen-bond acceptors (Lipinski definition) is 4. The van der Waals surface area contributed by atoms with Gasteiger partial charge in [0, 0.05) is 6.54 Å². The van der Waals surface area contributed by atoms with Gasteiger partial charge in [0.2, 0.25) is 11.8 Å². The fourth-order valence-electron chi connectivity index (χ4n) is 3.14. The molecule has 2 saturated heterocycles. The van der Waals surface area contributed by atoms with E-state index in [1.807, 2.05) is 12.2 Å². The third-order valence-electron chi connectivity index (χ3n) is 3.97. The number of nitrogens with zero attached hydrogens (tertiary/aromatic N) is 1. The van der Waals surface area contributed by atoms with Gasteiger partial charge in [-0.15, -0.1) is 0 Å². The van der Waals surface area contributed by atoms with Gasteiger partial charge < -0.3 is 9.84 Å². The molecule has 0 radical (unpaired) electrons. The van der Waals surface area contributed by atoms with E-state index < -0.39 is 23.4 Å². The number of hydrogen-bond donors (Lipinski definition) is 1. The predicted molar refractivity (Wildman–Crippen MR) is 58.4 cm³/mol. The molecule has 3 rings (SSSR count). The molecular formula is C12H13NO5. The molecule has 3 aliphatic rings. The number of aliphatic carboxylic acids is 1. The number of imide groups is 1. The Bertz CT molecular complexity index is 485. The second-order valence-corrected chi connectivity index (χ2v) is 5.10. The first-order chi connectivity index (χ1) is 8.44. The minimum absolute atomic E-state index is 0.0528. The highest BCUT2D eigenvalue weighted by Crippen LogP contribution is 2.51. The van der Waals surface area contributed by atoms with E-state index in [0.29, 0.717) is 0 Å². The number of carboxylic acid groups (broad SMARTS) is 1. The van der Waals surface area contributed by atoms with Gasteiger partial charge in [-0.25, -0.2) is 0 Å². The fourth-order valence-corrected chi connectivity index (χ4v) is 3.14. The van der Waals surface area contributed by atoms with E-state index in [-0.39, 0.29) is 30.9 Å². The standard InChI is InChI=1S/C12H13NO5/c1-12-4-2-6(18-12)8-9(12)11(17)13(10(8)16)5-3-7(14)15/h2,4,6,8-9H,3,5H2,1H3,(H,14,15). The van der Waals surface area contributed by atoms with Gasteiger partial charge in [0.05, 0.1) is 30.0 Å². The summed E-state index contributed by atoms with van der Waals surface area (Å²) in [6, 6.07) is 0. The molecule has 6 nitrogen and oxygen atoms in total. The molecule has 0 aliphatic carbocycles. The van der Waals surface area contributed by atoms with Crippen LogP contribution in [-0.4, -0.2) is 46.0 Å². The summed E-state index contributed by atoms with van der Waals surface area (Å²) in [5.74, 6) is -2.59. The molecule has 2 fully saturated rings. The number of ether oxygens (including phenoxy) is 1. The van der Waals surface area contributed by atoms with Crippen LogP contribution in [0.5, 0.6) is 0 Å². The van der Waals surface area contributed by atoms with Crippen LogP contribution in [0.4, 0.5) is 0 Å². The van der Waals surface area contributed by atoms with Crippen molar-refractivity contribution in [3.8, 4) is 0 Å². The summed E-state index contributed by atoms with van der Waals surface area (Å²) in [7, 11) is 0. The Kier molecular flexibility index (Phi) is 2.16. The van der Waals surface area contributed by atoms with Crippen LogP contribution in [0.25, 0.3) is 0 Å². The summed E-state index contributed by atoms with van der Waals surface area (Å²) in [6.07, 6.45) is 3.08. The predicted octanol–water partition coefficient (Wildman–Crippen LogP) is -0.210. The van der Waals surface area contributed by atoms with Crippen molar-refractivity contribution < 1.29 is 24.2 Å². The highest BCUT2D eigenvalue weighted by Gasteiger charge is 2.65. The lowest BCUT2D eigenvalue weighted by molar-refractivity contribution is -0.145. The molecule has 2 bridgehead atoms. The molecule has 0 aromatic rings. The van der Waals surface area contributed by atoms with Crippen molar-refractivity contribution in [2.24, 2.45) is 11.8 Å². The van der Waals surface area contributed by atoms with Gasteiger partial charge in [0.15, 0.2) is 0 Å². The fraction of sp³-hybridized carbons (Fsp3) is 0.583. The Morgan fingerprint density at radius 1 is 1.50 bits per heavy atom. The molecule has 4 unspecified atom stereocenters. The SMILES string of the molecule is CC12C=CC(O1)C1C(=O)N(CCC(=O)O)C(=O)C12. The zero-order chi connectivity index (χ0) is 13.1. The van der Waals surface area contributed by atoms with Gasteiger partial charge in [-0.2, -0.15) is 0 Å². The molecular weight excluding hydrogens is 238 g/mol. The molecule has 0 spiro atoms. The van der Waals surface area contributed by atoms with Gasteiger partial charge in [0.25, 0.3) is 0 Å². The lowest BCUT2D eigenvalue weighted by Crippen LogP contribution is -2.39. The second-order valence-electron chi connectivity index (χ2n) is 5.10. The maximum absolute atomic E-state index is 12.2. The van der Waals surface area contributed by atoms with E-state index >= 15 is 0 Å². The summed E-state index contributed by atoms with van der Waals surface area (Å²) in [6.45, 7) is 1.74. The van der Waals surface area contributed by atoms with Crippen LogP contribution in [0.2, 0.25) is 0 Å². The Hall–Kier alpha value is -1.69. The smallest absolute Gasteiger partial charge is 0.305 e. The first kappa shape index (κ1) is 11.4. The van der Waals surface area contributed by atoms with E-state index in [0.717, 1.165) is 4.90 Å². The molecule has 2 amide bonds. The highest BCUT2D eigenvalue weighted by atomic mass is 16.5. The van der Waals surface area contributed by atoms with Gasteiger partial charge in [-0.3, -0.25) is 19.3 Å². The Morgan fingerprint density at radius 2 is 2.22 bits per heavy atom. The van der Waals surface area contributed by atoms with E-state index in [1.165, 1.54) is 0 Å². The van der Waals surface area contributed by atoms with E-state index in [4.69, 9.17) is 9.84 Å². The van der Waals surface area contributed by atoms with Gasteiger partial charge >= 0.3 is 5.97 Å². The molecule has 0 aromatic carbocycles. The summed E-state index contributed by atoms with van der Waals surface area (Å²) in [5.41, 5.74) is -0.708. The lowest BCUT2D eigenvalue weighted by Gasteiger charge is -2.23. The minimum atomic E-state index is -1.02. The summed E-state index contributed by atoms with van der Waals surface area (Å²) >= 11 is 0. The van der Waals surface area contributed by atoms with Crippen LogP contribution in [0.15, 0.2) is 12.2 Å². The molecule has 4 atom stereocenters. The third kappa shape index (κ3) is 1.29. The summed E-state index contributed by atoms with van der Waals surface area (Å²) < 4.78 is 5.65. The average molecular weight is 251 g/mol. The van der Waals surface area contributed by atoms with Crippen LogP contribution in [-0.2, 0) is 19.1 Å². The van der Waals surface area contributed by atoms with Crippen LogP contribution < -0.4 is 0 Å². The first-order valence-electron chi connectivity index (χ1n) is 5.88. The van der Waals surface area contributed by atoms with Crippen molar-refractivity contribution in [3.05, 3.63) is 12.2 Å². The van der Waals surface area contributed by atoms with Crippen molar-refractivity contribution in [1.29, 1.82) is 0 Å². The number of rotatable bonds is 3. The average Bonchev–Trinajstić information content (AvgIpc) is 2.87. The topological polar surface area (TPSA) is 83.9 Å². The van der Waals surface area contributed by atoms with Crippen LogP contribution in [0.3, 0.4) is 0 Å². The Balaban J connectivity index is 1.86. The van der Waals surface area contributed by atoms with Gasteiger partial charge in [-0.05, 0) is 6.92 Å². The van der Waals surface area contributed by atoms with E-state index in [2.05, 4.69) is 0 Å². The van der Waals surface area contributed by atoms with Crippen LogP contribution in [0.1, 0.15) is 13.3 Å². The quantitative estimate of drug-likeness (QED) is 0.554. The van der Waals surface area contributed by atoms with Gasteiger partial charge in [-0.1, -0.05) is 12.2 Å². The summed E-state index contributed by atoms with van der Waals surface area (Å²) in [4.78, 5) is 36.0. The molecule has 1 N–H and O–H groups in total. The van der Waals surface area contributed by atoms with Gasteiger partial charge in [0.1, 0.15) is 0 Å². The molecule has 3 aliphatic heterocycles. The van der Waals surface area contributed by atoms with Crippen molar-refractivity contribution in [3.63, 3.8) is 0 Å². The Labute approximate surface area is 103 Å². The number of fused-ring (bicyclic) bond motifs is 5. The maximum Gasteiger partial charge on any atom is 0.305 e. The van der Waals surface area contributed by atoms with Crippen LogP contribution in [0, 0.1) is 11.8 Å². The van der Waals surface area contributed by atoms with E-state index in [1.54, 1.807) is 6.92 Å². The minimum Gasteiger partial charge on any atom is -0.481 e.